The highest BCUT2D eigenvalue weighted by atomic mass is 16.5. The van der Waals surface area contributed by atoms with Crippen molar-refractivity contribution in [2.45, 2.75) is 34.1 Å². The van der Waals surface area contributed by atoms with E-state index in [9.17, 15) is 14.4 Å². The third-order valence-electron chi connectivity index (χ3n) is 5.35. The van der Waals surface area contributed by atoms with Crippen LogP contribution >= 0.6 is 0 Å². The lowest BCUT2D eigenvalue weighted by Gasteiger charge is -2.18. The van der Waals surface area contributed by atoms with Crippen molar-refractivity contribution < 1.29 is 19.1 Å². The van der Waals surface area contributed by atoms with Crippen molar-refractivity contribution in [1.29, 1.82) is 0 Å². The Kier molecular flexibility index (Phi) is 6.01. The lowest BCUT2D eigenvalue weighted by atomic mass is 10.1. The smallest absolute Gasteiger partial charge is 0.311 e. The molecule has 0 aliphatic carbocycles. The Morgan fingerprint density at radius 3 is 2.38 bits per heavy atom. The summed E-state index contributed by atoms with van der Waals surface area (Å²) in [5.41, 5.74) is 5.62. The van der Waals surface area contributed by atoms with Crippen molar-refractivity contribution in [2.24, 2.45) is 5.92 Å². The molecule has 1 heterocycles. The molecular formula is C23H26N2O4. The monoisotopic (exact) mass is 394 g/mol. The molecule has 1 aliphatic rings. The van der Waals surface area contributed by atoms with E-state index < -0.39 is 17.8 Å². The zero-order valence-corrected chi connectivity index (χ0v) is 17.2. The first-order valence-electron chi connectivity index (χ1n) is 9.66. The second-order valence-corrected chi connectivity index (χ2v) is 7.60. The molecule has 1 fully saturated rings. The number of benzene rings is 2. The van der Waals surface area contributed by atoms with Gasteiger partial charge in [-0.25, -0.2) is 0 Å². The molecule has 152 valence electrons. The van der Waals surface area contributed by atoms with Gasteiger partial charge in [0.2, 0.25) is 5.91 Å². The van der Waals surface area contributed by atoms with Gasteiger partial charge >= 0.3 is 5.97 Å². The molecule has 1 N–H and O–H groups in total. The zero-order chi connectivity index (χ0) is 21.1. The normalized spacial score (nSPS) is 16.1. The van der Waals surface area contributed by atoms with E-state index in [2.05, 4.69) is 5.32 Å². The van der Waals surface area contributed by atoms with E-state index in [4.69, 9.17) is 4.74 Å². The quantitative estimate of drug-likeness (QED) is 0.788. The standard InChI is InChI=1S/C23H26N2O4/c1-14-8-9-19(10-17(14)4)25-12-18(11-21(25)27)23(28)29-13-20(26)24-22-15(2)6-5-7-16(22)3/h5-10,18H,11-13H2,1-4H3,(H,24,26)/t18-/m1/s1. The number of amides is 2. The van der Waals surface area contributed by atoms with Gasteiger partial charge in [-0.1, -0.05) is 24.3 Å². The van der Waals surface area contributed by atoms with Gasteiger partial charge in [0.1, 0.15) is 0 Å². The minimum Gasteiger partial charge on any atom is -0.455 e. The molecule has 0 radical (unpaired) electrons. The number of para-hydroxylation sites is 1. The molecule has 0 unspecified atom stereocenters. The number of carbonyl (C=O) groups excluding carboxylic acids is 3. The van der Waals surface area contributed by atoms with Gasteiger partial charge in [0.15, 0.2) is 6.61 Å². The number of ether oxygens (including phenoxy) is 1. The SMILES string of the molecule is Cc1ccc(N2C[C@H](C(=O)OCC(=O)Nc3c(C)cccc3C)CC2=O)cc1C. The molecule has 2 aromatic rings. The maximum atomic E-state index is 12.4. The van der Waals surface area contributed by atoms with Crippen LogP contribution in [0.25, 0.3) is 0 Å². The molecule has 3 rings (SSSR count). The van der Waals surface area contributed by atoms with Crippen LogP contribution < -0.4 is 10.2 Å². The van der Waals surface area contributed by atoms with Gasteiger partial charge in [-0.3, -0.25) is 14.4 Å². The van der Waals surface area contributed by atoms with E-state index >= 15 is 0 Å². The molecule has 0 spiro atoms. The van der Waals surface area contributed by atoms with Crippen molar-refractivity contribution in [3.05, 3.63) is 58.7 Å². The summed E-state index contributed by atoms with van der Waals surface area (Å²) in [5.74, 6) is -1.61. The Morgan fingerprint density at radius 1 is 1.03 bits per heavy atom. The number of rotatable bonds is 5. The maximum Gasteiger partial charge on any atom is 0.311 e. The van der Waals surface area contributed by atoms with Crippen LogP contribution in [-0.2, 0) is 19.1 Å². The number of esters is 1. The molecule has 2 aromatic carbocycles. The summed E-state index contributed by atoms with van der Waals surface area (Å²) in [6.45, 7) is 7.69. The van der Waals surface area contributed by atoms with Gasteiger partial charge in [0.25, 0.3) is 5.91 Å². The van der Waals surface area contributed by atoms with Gasteiger partial charge in [-0.05, 0) is 62.1 Å². The third kappa shape index (κ3) is 4.65. The van der Waals surface area contributed by atoms with Crippen LogP contribution in [0.1, 0.15) is 28.7 Å². The van der Waals surface area contributed by atoms with Crippen molar-refractivity contribution in [3.63, 3.8) is 0 Å². The average Bonchev–Trinajstić information content (AvgIpc) is 3.07. The summed E-state index contributed by atoms with van der Waals surface area (Å²) in [4.78, 5) is 38.6. The Bertz CT molecular complexity index is 947. The molecule has 0 saturated carbocycles. The Hall–Kier alpha value is -3.15. The topological polar surface area (TPSA) is 75.7 Å². The minimum atomic E-state index is -0.572. The molecule has 1 atom stereocenters. The molecule has 1 aliphatic heterocycles. The summed E-state index contributed by atoms with van der Waals surface area (Å²) < 4.78 is 5.19. The van der Waals surface area contributed by atoms with Crippen molar-refractivity contribution in [3.8, 4) is 0 Å². The molecule has 29 heavy (non-hydrogen) atoms. The highest BCUT2D eigenvalue weighted by molar-refractivity contribution is 6.00. The van der Waals surface area contributed by atoms with Gasteiger partial charge < -0.3 is 15.0 Å². The van der Waals surface area contributed by atoms with Gasteiger partial charge in [0.05, 0.1) is 5.92 Å². The van der Waals surface area contributed by atoms with Crippen LogP contribution in [0.2, 0.25) is 0 Å². The van der Waals surface area contributed by atoms with Crippen LogP contribution in [0.15, 0.2) is 36.4 Å². The van der Waals surface area contributed by atoms with E-state index in [0.29, 0.717) is 0 Å². The van der Waals surface area contributed by atoms with Crippen LogP contribution in [0.5, 0.6) is 0 Å². The van der Waals surface area contributed by atoms with Crippen LogP contribution in [0.3, 0.4) is 0 Å². The number of aryl methyl sites for hydroxylation is 4. The first kappa shape index (κ1) is 20.6. The Balaban J connectivity index is 1.56. The highest BCUT2D eigenvalue weighted by Gasteiger charge is 2.36. The fraction of sp³-hybridized carbons (Fsp3) is 0.348. The Labute approximate surface area is 170 Å². The third-order valence-corrected chi connectivity index (χ3v) is 5.35. The summed E-state index contributed by atoms with van der Waals surface area (Å²) in [7, 11) is 0. The number of hydrogen-bond donors (Lipinski definition) is 1. The van der Waals surface area contributed by atoms with Crippen LogP contribution in [-0.4, -0.2) is 30.9 Å². The van der Waals surface area contributed by atoms with Crippen LogP contribution in [0, 0.1) is 33.6 Å². The molecular weight excluding hydrogens is 368 g/mol. The summed E-state index contributed by atoms with van der Waals surface area (Å²) in [6, 6.07) is 11.5. The number of nitrogens with zero attached hydrogens (tertiary/aromatic N) is 1. The fourth-order valence-electron chi connectivity index (χ4n) is 3.45. The maximum absolute atomic E-state index is 12.4. The highest BCUT2D eigenvalue weighted by Crippen LogP contribution is 2.27. The van der Waals surface area contributed by atoms with Crippen molar-refractivity contribution in [2.75, 3.05) is 23.4 Å². The van der Waals surface area contributed by atoms with Gasteiger partial charge in [0, 0.05) is 24.3 Å². The number of anilines is 2. The van der Waals surface area contributed by atoms with Gasteiger partial charge in [-0.2, -0.15) is 0 Å². The first-order chi connectivity index (χ1) is 13.8. The second-order valence-electron chi connectivity index (χ2n) is 7.60. The van der Waals surface area contributed by atoms with Crippen molar-refractivity contribution in [1.82, 2.24) is 0 Å². The van der Waals surface area contributed by atoms with Crippen LogP contribution in [0.4, 0.5) is 11.4 Å². The number of carbonyl (C=O) groups is 3. The molecule has 1 saturated heterocycles. The molecule has 0 aromatic heterocycles. The molecule has 6 heteroatoms. The average molecular weight is 394 g/mol. The van der Waals surface area contributed by atoms with E-state index in [1.165, 1.54) is 0 Å². The summed E-state index contributed by atoms with van der Waals surface area (Å²) in [5, 5.41) is 2.79. The molecule has 2 amide bonds. The number of hydrogen-bond acceptors (Lipinski definition) is 4. The Morgan fingerprint density at radius 2 is 1.72 bits per heavy atom. The number of nitrogens with one attached hydrogen (secondary N) is 1. The minimum absolute atomic E-state index is 0.0876. The van der Waals surface area contributed by atoms with Crippen molar-refractivity contribution >= 4 is 29.2 Å². The predicted octanol–water partition coefficient (Wildman–Crippen LogP) is 3.46. The zero-order valence-electron chi connectivity index (χ0n) is 17.2. The van der Waals surface area contributed by atoms with E-state index in [0.717, 1.165) is 33.6 Å². The summed E-state index contributed by atoms with van der Waals surface area (Å²) >= 11 is 0. The lowest BCUT2D eigenvalue weighted by Crippen LogP contribution is -2.28. The van der Waals surface area contributed by atoms with E-state index in [1.807, 2.05) is 64.1 Å². The first-order valence-corrected chi connectivity index (χ1v) is 9.66. The molecule has 0 bridgehead atoms. The van der Waals surface area contributed by atoms with E-state index in [-0.39, 0.29) is 25.5 Å². The second kappa shape index (κ2) is 8.47. The predicted molar refractivity (Wildman–Crippen MR) is 112 cm³/mol. The summed E-state index contributed by atoms with van der Waals surface area (Å²) in [6.07, 6.45) is 0.0876. The largest absolute Gasteiger partial charge is 0.455 e. The lowest BCUT2D eigenvalue weighted by molar-refractivity contribution is -0.151. The van der Waals surface area contributed by atoms with E-state index in [1.54, 1.807) is 4.90 Å². The van der Waals surface area contributed by atoms with Gasteiger partial charge in [-0.15, -0.1) is 0 Å². The molecule has 6 nitrogen and oxygen atoms in total. The fourth-order valence-corrected chi connectivity index (χ4v) is 3.45.